The van der Waals surface area contributed by atoms with Gasteiger partial charge in [0, 0.05) is 18.1 Å². The highest BCUT2D eigenvalue weighted by atomic mass is 35.5. The minimum absolute atomic E-state index is 0.230. The molecule has 0 aliphatic carbocycles. The first-order valence-corrected chi connectivity index (χ1v) is 8.69. The van der Waals surface area contributed by atoms with E-state index in [1.807, 2.05) is 48.5 Å². The molecule has 3 rings (SSSR count). The number of para-hydroxylation sites is 1. The molecule has 0 spiro atoms. The molecule has 132 valence electrons. The summed E-state index contributed by atoms with van der Waals surface area (Å²) in [6, 6.07) is 18.8. The molecule has 2 aromatic carbocycles. The summed E-state index contributed by atoms with van der Waals surface area (Å²) in [6.45, 7) is 1.69. The number of carbonyl (C=O) groups excluding carboxylic acids is 1. The van der Waals surface area contributed by atoms with Crippen molar-refractivity contribution in [1.82, 2.24) is 4.98 Å². The fraction of sp³-hybridized carbons (Fsp3) is 0.143. The van der Waals surface area contributed by atoms with E-state index in [0.717, 1.165) is 17.7 Å². The highest BCUT2D eigenvalue weighted by molar-refractivity contribution is 6.32. The van der Waals surface area contributed by atoms with Crippen molar-refractivity contribution in [1.29, 1.82) is 0 Å². The first-order valence-electron chi connectivity index (χ1n) is 8.32. The summed E-state index contributed by atoms with van der Waals surface area (Å²) in [7, 11) is 0. The Kier molecular flexibility index (Phi) is 5.87. The average Bonchev–Trinajstić information content (AvgIpc) is 2.66. The molecule has 1 atom stereocenters. The molecule has 1 amide bonds. The zero-order chi connectivity index (χ0) is 18.4. The van der Waals surface area contributed by atoms with E-state index in [4.69, 9.17) is 16.3 Å². The van der Waals surface area contributed by atoms with Crippen molar-refractivity contribution in [3.8, 4) is 5.75 Å². The fourth-order valence-electron chi connectivity index (χ4n) is 2.47. The Morgan fingerprint density at radius 3 is 2.38 bits per heavy atom. The van der Waals surface area contributed by atoms with E-state index in [1.165, 1.54) is 5.56 Å². The number of amides is 1. The van der Waals surface area contributed by atoms with Gasteiger partial charge in [0.15, 0.2) is 6.10 Å². The minimum atomic E-state index is -0.661. The van der Waals surface area contributed by atoms with E-state index >= 15 is 0 Å². The lowest BCUT2D eigenvalue weighted by molar-refractivity contribution is -0.122. The first kappa shape index (κ1) is 18.0. The third kappa shape index (κ3) is 4.83. The number of hydrogen-bond acceptors (Lipinski definition) is 3. The number of anilines is 1. The summed E-state index contributed by atoms with van der Waals surface area (Å²) in [4.78, 5) is 16.3. The Balaban J connectivity index is 1.58. The molecule has 0 saturated heterocycles. The van der Waals surface area contributed by atoms with Crippen molar-refractivity contribution in [2.24, 2.45) is 0 Å². The standard InChI is InChI=1S/C21H19ClN2O2/c1-15(26-20-5-3-2-4-19(20)22)21(25)24-18-8-6-16(7-9-18)14-17-10-12-23-13-11-17/h2-13,15H,14H2,1H3,(H,24,25). The Bertz CT molecular complexity index is 867. The van der Waals surface area contributed by atoms with Gasteiger partial charge in [-0.1, -0.05) is 35.9 Å². The summed E-state index contributed by atoms with van der Waals surface area (Å²) in [6.07, 6.45) is 3.73. The van der Waals surface area contributed by atoms with Crippen LogP contribution in [0, 0.1) is 0 Å². The maximum Gasteiger partial charge on any atom is 0.265 e. The van der Waals surface area contributed by atoms with Gasteiger partial charge in [0.1, 0.15) is 5.75 Å². The van der Waals surface area contributed by atoms with Crippen LogP contribution in [0.5, 0.6) is 5.75 Å². The number of hydrogen-bond donors (Lipinski definition) is 1. The molecule has 0 fully saturated rings. The number of ether oxygens (including phenoxy) is 1. The van der Waals surface area contributed by atoms with Crippen molar-refractivity contribution in [2.45, 2.75) is 19.4 Å². The van der Waals surface area contributed by atoms with E-state index < -0.39 is 6.10 Å². The van der Waals surface area contributed by atoms with Gasteiger partial charge >= 0.3 is 0 Å². The molecule has 0 saturated carbocycles. The number of halogens is 1. The van der Waals surface area contributed by atoms with Crippen LogP contribution in [-0.4, -0.2) is 17.0 Å². The predicted molar refractivity (Wildman–Crippen MR) is 104 cm³/mol. The molecule has 26 heavy (non-hydrogen) atoms. The minimum Gasteiger partial charge on any atom is -0.479 e. The molecule has 1 heterocycles. The molecular weight excluding hydrogens is 348 g/mol. The molecule has 0 aliphatic rings. The summed E-state index contributed by atoms with van der Waals surface area (Å²) >= 11 is 6.06. The van der Waals surface area contributed by atoms with Crippen molar-refractivity contribution < 1.29 is 9.53 Å². The van der Waals surface area contributed by atoms with Gasteiger partial charge in [0.2, 0.25) is 0 Å². The van der Waals surface area contributed by atoms with Gasteiger partial charge in [-0.3, -0.25) is 9.78 Å². The maximum atomic E-state index is 12.3. The number of rotatable bonds is 6. The molecule has 4 nitrogen and oxygen atoms in total. The van der Waals surface area contributed by atoms with Crippen molar-refractivity contribution in [2.75, 3.05) is 5.32 Å². The monoisotopic (exact) mass is 366 g/mol. The Labute approximate surface area is 157 Å². The SMILES string of the molecule is CC(Oc1ccccc1Cl)C(=O)Nc1ccc(Cc2ccncc2)cc1. The lowest BCUT2D eigenvalue weighted by Gasteiger charge is -2.15. The van der Waals surface area contributed by atoms with Crippen LogP contribution in [-0.2, 0) is 11.2 Å². The topological polar surface area (TPSA) is 51.2 Å². The van der Waals surface area contributed by atoms with Crippen LogP contribution < -0.4 is 10.1 Å². The molecule has 1 aromatic heterocycles. The van der Waals surface area contributed by atoms with Gasteiger partial charge in [-0.25, -0.2) is 0 Å². The van der Waals surface area contributed by atoms with Crippen LogP contribution in [0.25, 0.3) is 0 Å². The molecule has 5 heteroatoms. The zero-order valence-corrected chi connectivity index (χ0v) is 15.1. The zero-order valence-electron chi connectivity index (χ0n) is 14.4. The average molecular weight is 367 g/mol. The number of pyridine rings is 1. The van der Waals surface area contributed by atoms with Crippen molar-refractivity contribution in [3.05, 3.63) is 89.2 Å². The lowest BCUT2D eigenvalue weighted by Crippen LogP contribution is -2.30. The summed E-state index contributed by atoms with van der Waals surface area (Å²) in [5.74, 6) is 0.260. The molecule has 3 aromatic rings. The Morgan fingerprint density at radius 2 is 1.69 bits per heavy atom. The number of benzene rings is 2. The molecule has 1 unspecified atom stereocenters. The molecule has 0 bridgehead atoms. The van der Waals surface area contributed by atoms with Crippen LogP contribution in [0.4, 0.5) is 5.69 Å². The van der Waals surface area contributed by atoms with Gasteiger partial charge in [-0.15, -0.1) is 0 Å². The van der Waals surface area contributed by atoms with E-state index in [9.17, 15) is 4.79 Å². The van der Waals surface area contributed by atoms with Crippen LogP contribution in [0.1, 0.15) is 18.1 Å². The number of carbonyl (C=O) groups is 1. The second-order valence-electron chi connectivity index (χ2n) is 5.91. The second kappa shape index (κ2) is 8.50. The molecule has 0 aliphatic heterocycles. The third-order valence-corrected chi connectivity index (χ3v) is 4.20. The Morgan fingerprint density at radius 1 is 1.04 bits per heavy atom. The smallest absolute Gasteiger partial charge is 0.265 e. The lowest BCUT2D eigenvalue weighted by atomic mass is 10.1. The van der Waals surface area contributed by atoms with Crippen LogP contribution in [0.3, 0.4) is 0 Å². The fourth-order valence-corrected chi connectivity index (χ4v) is 2.65. The normalized spacial score (nSPS) is 11.6. The molecular formula is C21H19ClN2O2. The van der Waals surface area contributed by atoms with Crippen LogP contribution >= 0.6 is 11.6 Å². The molecule has 0 radical (unpaired) electrons. The predicted octanol–water partition coefficient (Wildman–Crippen LogP) is 4.73. The maximum absolute atomic E-state index is 12.3. The number of nitrogens with one attached hydrogen (secondary N) is 1. The number of nitrogens with zero attached hydrogens (tertiary/aromatic N) is 1. The number of aromatic nitrogens is 1. The summed E-state index contributed by atoms with van der Waals surface area (Å²) in [5.41, 5.74) is 3.08. The van der Waals surface area contributed by atoms with Gasteiger partial charge < -0.3 is 10.1 Å². The quantitative estimate of drug-likeness (QED) is 0.686. The van der Waals surface area contributed by atoms with Crippen molar-refractivity contribution in [3.63, 3.8) is 0 Å². The van der Waals surface area contributed by atoms with E-state index in [2.05, 4.69) is 10.3 Å². The largest absolute Gasteiger partial charge is 0.479 e. The molecule has 1 N–H and O–H groups in total. The van der Waals surface area contributed by atoms with E-state index in [0.29, 0.717) is 10.8 Å². The van der Waals surface area contributed by atoms with Gasteiger partial charge in [-0.2, -0.15) is 0 Å². The second-order valence-corrected chi connectivity index (χ2v) is 6.32. The summed E-state index contributed by atoms with van der Waals surface area (Å²) in [5, 5.41) is 3.33. The van der Waals surface area contributed by atoms with Crippen LogP contribution in [0.15, 0.2) is 73.1 Å². The third-order valence-electron chi connectivity index (χ3n) is 3.89. The van der Waals surface area contributed by atoms with E-state index in [1.54, 1.807) is 31.5 Å². The van der Waals surface area contributed by atoms with Crippen molar-refractivity contribution >= 4 is 23.2 Å². The highest BCUT2D eigenvalue weighted by Crippen LogP contribution is 2.24. The Hall–Kier alpha value is -2.85. The van der Waals surface area contributed by atoms with Gasteiger partial charge in [0.05, 0.1) is 5.02 Å². The van der Waals surface area contributed by atoms with Crippen LogP contribution in [0.2, 0.25) is 5.02 Å². The summed E-state index contributed by atoms with van der Waals surface area (Å²) < 4.78 is 5.63. The highest BCUT2D eigenvalue weighted by Gasteiger charge is 2.16. The van der Waals surface area contributed by atoms with E-state index in [-0.39, 0.29) is 5.91 Å². The first-order chi connectivity index (χ1) is 12.6. The van der Waals surface area contributed by atoms with Gasteiger partial charge in [0.25, 0.3) is 5.91 Å². The van der Waals surface area contributed by atoms with Gasteiger partial charge in [-0.05, 0) is 60.9 Å².